The number of benzene rings is 2. The molecule has 3 rings (SSSR count). The molecule has 0 radical (unpaired) electrons. The van der Waals surface area contributed by atoms with Crippen molar-refractivity contribution in [3.8, 4) is 0 Å². The number of hydrogen-bond acceptors (Lipinski definition) is 4. The molecule has 1 aliphatic carbocycles. The second-order valence-corrected chi connectivity index (χ2v) is 5.67. The van der Waals surface area contributed by atoms with Gasteiger partial charge in [0.2, 0.25) is 5.60 Å². The second kappa shape index (κ2) is 4.93. The number of ketones is 1. The standard InChI is InChI=1S/C17H13ClO4/c1-22-15(20)17(21)13-10-6-5-9-12(13)14(19)16(17,18)11-7-3-2-4-8-11/h2-10,21H,1H3/t16-,17-/m0/s1. The molecule has 0 saturated carbocycles. The third-order valence-electron chi connectivity index (χ3n) is 4.03. The molecule has 0 aliphatic heterocycles. The van der Waals surface area contributed by atoms with Gasteiger partial charge in [0.25, 0.3) is 0 Å². The lowest BCUT2D eigenvalue weighted by Gasteiger charge is -2.34. The van der Waals surface area contributed by atoms with E-state index in [-0.39, 0.29) is 11.1 Å². The van der Waals surface area contributed by atoms with Gasteiger partial charge in [-0.15, -0.1) is 11.6 Å². The minimum absolute atomic E-state index is 0.158. The van der Waals surface area contributed by atoms with Gasteiger partial charge in [-0.2, -0.15) is 0 Å². The van der Waals surface area contributed by atoms with Crippen molar-refractivity contribution < 1.29 is 19.4 Å². The van der Waals surface area contributed by atoms with Gasteiger partial charge in [0.15, 0.2) is 10.7 Å². The highest BCUT2D eigenvalue weighted by molar-refractivity contribution is 6.42. The van der Waals surface area contributed by atoms with Crippen LogP contribution in [0.4, 0.5) is 0 Å². The van der Waals surface area contributed by atoms with Crippen molar-refractivity contribution in [3.63, 3.8) is 0 Å². The van der Waals surface area contributed by atoms with Crippen LogP contribution in [0.1, 0.15) is 21.5 Å². The molecule has 2 atom stereocenters. The van der Waals surface area contributed by atoms with E-state index in [9.17, 15) is 14.7 Å². The average molecular weight is 317 g/mol. The summed E-state index contributed by atoms with van der Waals surface area (Å²) in [5.74, 6) is -1.49. The summed E-state index contributed by atoms with van der Waals surface area (Å²) < 4.78 is 4.73. The van der Waals surface area contributed by atoms with Gasteiger partial charge in [0.05, 0.1) is 7.11 Å². The molecule has 0 bridgehead atoms. The summed E-state index contributed by atoms with van der Waals surface area (Å²) in [5.41, 5.74) is -1.57. The largest absolute Gasteiger partial charge is 0.467 e. The fraction of sp³-hybridized carbons (Fsp3) is 0.176. The van der Waals surface area contributed by atoms with E-state index >= 15 is 0 Å². The van der Waals surface area contributed by atoms with E-state index in [2.05, 4.69) is 0 Å². The van der Waals surface area contributed by atoms with Crippen LogP contribution in [0.2, 0.25) is 0 Å². The number of alkyl halides is 1. The van der Waals surface area contributed by atoms with Crippen molar-refractivity contribution in [2.45, 2.75) is 10.5 Å². The Morgan fingerprint density at radius 2 is 1.68 bits per heavy atom. The van der Waals surface area contributed by atoms with Crippen LogP contribution >= 0.6 is 11.6 Å². The Bertz CT molecular complexity index is 756. The molecule has 1 aliphatic rings. The predicted octanol–water partition coefficient (Wildman–Crippen LogP) is 2.38. The number of methoxy groups -OCH3 is 1. The maximum Gasteiger partial charge on any atom is 0.345 e. The molecular weight excluding hydrogens is 304 g/mol. The highest BCUT2D eigenvalue weighted by Gasteiger charge is 2.68. The van der Waals surface area contributed by atoms with E-state index in [1.54, 1.807) is 48.5 Å². The molecule has 0 heterocycles. The zero-order valence-electron chi connectivity index (χ0n) is 11.7. The van der Waals surface area contributed by atoms with E-state index in [0.717, 1.165) is 7.11 Å². The Kier molecular flexibility index (Phi) is 3.31. The van der Waals surface area contributed by atoms with Crippen LogP contribution in [0, 0.1) is 0 Å². The zero-order chi connectivity index (χ0) is 16.0. The number of Topliss-reactive ketones (excluding diaryl/α,β-unsaturated/α-hetero) is 1. The van der Waals surface area contributed by atoms with Crippen LogP contribution in [0.15, 0.2) is 54.6 Å². The smallest absolute Gasteiger partial charge is 0.345 e. The van der Waals surface area contributed by atoms with E-state index < -0.39 is 22.2 Å². The summed E-state index contributed by atoms with van der Waals surface area (Å²) in [7, 11) is 1.15. The highest BCUT2D eigenvalue weighted by Crippen LogP contribution is 2.54. The highest BCUT2D eigenvalue weighted by atomic mass is 35.5. The van der Waals surface area contributed by atoms with Crippen LogP contribution in [0.25, 0.3) is 0 Å². The zero-order valence-corrected chi connectivity index (χ0v) is 12.5. The first-order chi connectivity index (χ1) is 10.5. The van der Waals surface area contributed by atoms with Gasteiger partial charge in [-0.3, -0.25) is 4.79 Å². The quantitative estimate of drug-likeness (QED) is 0.682. The fourth-order valence-electron chi connectivity index (χ4n) is 2.94. The van der Waals surface area contributed by atoms with Crippen molar-refractivity contribution in [1.29, 1.82) is 0 Å². The Morgan fingerprint density at radius 1 is 1.09 bits per heavy atom. The molecule has 1 N–H and O–H groups in total. The Morgan fingerprint density at radius 3 is 2.32 bits per heavy atom. The van der Waals surface area contributed by atoms with Crippen molar-refractivity contribution in [3.05, 3.63) is 71.3 Å². The third kappa shape index (κ3) is 1.62. The van der Waals surface area contributed by atoms with Gasteiger partial charge in [-0.1, -0.05) is 54.6 Å². The summed E-state index contributed by atoms with van der Waals surface area (Å²) in [4.78, 5) is 23.2. The molecule has 0 amide bonds. The minimum atomic E-state index is -2.28. The average Bonchev–Trinajstić information content (AvgIpc) is 2.76. The Balaban J connectivity index is 2.35. The number of rotatable bonds is 2. The number of ether oxygens (including phenoxy) is 1. The molecule has 0 fully saturated rings. The fourth-order valence-corrected chi connectivity index (χ4v) is 3.34. The maximum absolute atomic E-state index is 12.9. The lowest BCUT2D eigenvalue weighted by atomic mass is 9.81. The molecule has 2 aromatic rings. The third-order valence-corrected chi connectivity index (χ3v) is 4.69. The number of aliphatic hydroxyl groups is 1. The molecule has 2 aromatic carbocycles. The normalized spacial score (nSPS) is 26.6. The van der Waals surface area contributed by atoms with Crippen molar-refractivity contribution in [1.82, 2.24) is 0 Å². The Labute approximate surface area is 132 Å². The topological polar surface area (TPSA) is 63.6 Å². The molecule has 0 saturated heterocycles. The van der Waals surface area contributed by atoms with Gasteiger partial charge in [-0.25, -0.2) is 4.79 Å². The predicted molar refractivity (Wildman–Crippen MR) is 80.7 cm³/mol. The van der Waals surface area contributed by atoms with Crippen LogP contribution in [-0.2, 0) is 20.0 Å². The van der Waals surface area contributed by atoms with Crippen LogP contribution < -0.4 is 0 Å². The summed E-state index contributed by atoms with van der Waals surface area (Å²) >= 11 is 6.59. The van der Waals surface area contributed by atoms with Gasteiger partial charge in [-0.05, 0) is 5.56 Å². The van der Waals surface area contributed by atoms with Crippen molar-refractivity contribution in [2.24, 2.45) is 0 Å². The van der Waals surface area contributed by atoms with Crippen LogP contribution in [0.3, 0.4) is 0 Å². The summed E-state index contributed by atoms with van der Waals surface area (Å²) in [6, 6.07) is 14.7. The number of hydrogen-bond donors (Lipinski definition) is 1. The first-order valence-electron chi connectivity index (χ1n) is 6.67. The molecular formula is C17H13ClO4. The monoisotopic (exact) mass is 316 g/mol. The second-order valence-electron chi connectivity index (χ2n) is 5.10. The van der Waals surface area contributed by atoms with E-state index in [1.165, 1.54) is 6.07 Å². The number of halogens is 1. The van der Waals surface area contributed by atoms with E-state index in [1.807, 2.05) is 0 Å². The Hall–Kier alpha value is -2.17. The SMILES string of the molecule is COC(=O)[C@@]1(O)c2ccccc2C(=O)[C@@]1(Cl)c1ccccc1. The lowest BCUT2D eigenvalue weighted by Crippen LogP contribution is -2.51. The number of fused-ring (bicyclic) bond motifs is 1. The van der Waals surface area contributed by atoms with E-state index in [0.29, 0.717) is 5.56 Å². The molecule has 22 heavy (non-hydrogen) atoms. The van der Waals surface area contributed by atoms with Crippen LogP contribution in [0.5, 0.6) is 0 Å². The first-order valence-corrected chi connectivity index (χ1v) is 7.05. The van der Waals surface area contributed by atoms with Gasteiger partial charge >= 0.3 is 5.97 Å². The molecule has 0 unspecified atom stereocenters. The summed E-state index contributed by atoms with van der Waals surface area (Å²) in [6.07, 6.45) is 0. The number of carbonyl (C=O) groups is 2. The van der Waals surface area contributed by atoms with Gasteiger partial charge < -0.3 is 9.84 Å². The van der Waals surface area contributed by atoms with Gasteiger partial charge in [0, 0.05) is 11.1 Å². The molecule has 0 spiro atoms. The van der Waals surface area contributed by atoms with Crippen LogP contribution in [-0.4, -0.2) is 24.0 Å². The lowest BCUT2D eigenvalue weighted by molar-refractivity contribution is -0.166. The van der Waals surface area contributed by atoms with Crippen molar-refractivity contribution >= 4 is 23.4 Å². The van der Waals surface area contributed by atoms with Gasteiger partial charge in [0.1, 0.15) is 0 Å². The molecule has 112 valence electrons. The first kappa shape index (κ1) is 14.8. The number of carbonyl (C=O) groups excluding carboxylic acids is 2. The molecule has 0 aromatic heterocycles. The molecule has 4 nitrogen and oxygen atoms in total. The molecule has 5 heteroatoms. The summed E-state index contributed by atoms with van der Waals surface area (Å²) in [6.45, 7) is 0. The minimum Gasteiger partial charge on any atom is -0.467 e. The van der Waals surface area contributed by atoms with Crippen molar-refractivity contribution in [2.75, 3.05) is 7.11 Å². The van der Waals surface area contributed by atoms with E-state index in [4.69, 9.17) is 16.3 Å². The summed E-state index contributed by atoms with van der Waals surface area (Å²) in [5, 5.41) is 11.1. The maximum atomic E-state index is 12.9. The number of esters is 1.